The van der Waals surface area contributed by atoms with E-state index in [-0.39, 0.29) is 18.0 Å². The largest absolute Gasteiger partial charge is 0.361 e. The lowest BCUT2D eigenvalue weighted by Crippen LogP contribution is -2.43. The van der Waals surface area contributed by atoms with E-state index in [0.29, 0.717) is 17.5 Å². The Labute approximate surface area is 126 Å². The fourth-order valence-corrected chi connectivity index (χ4v) is 1.84. The molecule has 5 N–H and O–H groups in total. The summed E-state index contributed by atoms with van der Waals surface area (Å²) >= 11 is 0. The van der Waals surface area contributed by atoms with Gasteiger partial charge in [0.25, 0.3) is 0 Å². The molecule has 0 aliphatic carbocycles. The molecule has 0 saturated carbocycles. The van der Waals surface area contributed by atoms with E-state index in [4.69, 9.17) is 5.84 Å². The molecule has 0 aromatic carbocycles. The van der Waals surface area contributed by atoms with Crippen LogP contribution in [-0.2, 0) is 11.2 Å². The van der Waals surface area contributed by atoms with Crippen molar-refractivity contribution in [3.8, 4) is 0 Å². The van der Waals surface area contributed by atoms with Crippen LogP contribution in [0.4, 0.5) is 11.6 Å². The van der Waals surface area contributed by atoms with Crippen molar-refractivity contribution < 1.29 is 4.79 Å². The monoisotopic (exact) mass is 294 g/mol. The zero-order chi connectivity index (χ0) is 16.0. The summed E-state index contributed by atoms with van der Waals surface area (Å²) in [5.74, 6) is 7.30. The first-order valence-corrected chi connectivity index (χ1v) is 7.15. The third kappa shape index (κ3) is 5.55. The summed E-state index contributed by atoms with van der Waals surface area (Å²) in [5, 5.41) is 5.94. The molecule has 0 bridgehead atoms. The number of nitrogen functional groups attached to an aromatic ring is 1. The molecule has 0 radical (unpaired) electrons. The quantitative estimate of drug-likeness (QED) is 0.466. The molecule has 0 aliphatic heterocycles. The fraction of sp³-hybridized carbons (Fsp3) is 0.643. The highest BCUT2D eigenvalue weighted by Gasteiger charge is 2.15. The highest BCUT2D eigenvalue weighted by Crippen LogP contribution is 2.19. The van der Waals surface area contributed by atoms with Crippen LogP contribution >= 0.6 is 0 Å². The predicted octanol–water partition coefficient (Wildman–Crippen LogP) is 1.35. The minimum absolute atomic E-state index is 0.0835. The number of amides is 1. The first-order chi connectivity index (χ1) is 9.76. The summed E-state index contributed by atoms with van der Waals surface area (Å²) in [6.07, 6.45) is 1.70. The molecular weight excluding hydrogens is 268 g/mol. The molecule has 0 saturated heterocycles. The van der Waals surface area contributed by atoms with E-state index in [9.17, 15) is 4.79 Å². The molecule has 21 heavy (non-hydrogen) atoms. The van der Waals surface area contributed by atoms with Gasteiger partial charge in [0.15, 0.2) is 0 Å². The molecule has 0 spiro atoms. The Morgan fingerprint density at radius 1 is 1.24 bits per heavy atom. The van der Waals surface area contributed by atoms with Gasteiger partial charge in [-0.15, -0.1) is 0 Å². The molecule has 1 rings (SSSR count). The zero-order valence-corrected chi connectivity index (χ0v) is 13.5. The van der Waals surface area contributed by atoms with Crippen molar-refractivity contribution in [2.75, 3.05) is 17.3 Å². The van der Waals surface area contributed by atoms with Gasteiger partial charge in [-0.1, -0.05) is 6.92 Å². The van der Waals surface area contributed by atoms with Crippen molar-refractivity contribution in [2.45, 2.75) is 53.0 Å². The molecule has 1 amide bonds. The van der Waals surface area contributed by atoms with Gasteiger partial charge in [-0.3, -0.25) is 4.79 Å². The fourth-order valence-electron chi connectivity index (χ4n) is 1.84. The molecule has 0 unspecified atom stereocenters. The molecule has 7 heteroatoms. The number of hydrogen-bond donors (Lipinski definition) is 4. The minimum Gasteiger partial charge on any atom is -0.361 e. The van der Waals surface area contributed by atoms with Crippen LogP contribution in [0.5, 0.6) is 0 Å². The van der Waals surface area contributed by atoms with Crippen molar-refractivity contribution in [1.82, 2.24) is 15.3 Å². The summed E-state index contributed by atoms with van der Waals surface area (Å²) in [7, 11) is 0. The van der Waals surface area contributed by atoms with E-state index in [2.05, 4.69) is 33.0 Å². The number of aryl methyl sites for hydroxylation is 1. The van der Waals surface area contributed by atoms with Crippen LogP contribution in [-0.4, -0.2) is 28.0 Å². The van der Waals surface area contributed by atoms with Crippen molar-refractivity contribution in [2.24, 2.45) is 5.84 Å². The third-order valence-corrected chi connectivity index (χ3v) is 2.73. The number of hydrazine groups is 1. The lowest BCUT2D eigenvalue weighted by Gasteiger charge is -2.21. The molecule has 0 aliphatic rings. The summed E-state index contributed by atoms with van der Waals surface area (Å²) in [6.45, 7) is 9.90. The third-order valence-electron chi connectivity index (χ3n) is 2.73. The highest BCUT2D eigenvalue weighted by molar-refractivity contribution is 5.81. The number of nitrogens with two attached hydrogens (primary N) is 1. The summed E-state index contributed by atoms with van der Waals surface area (Å²) < 4.78 is 0. The summed E-state index contributed by atoms with van der Waals surface area (Å²) in [6, 6.07) is 0. The van der Waals surface area contributed by atoms with Crippen molar-refractivity contribution >= 4 is 17.5 Å². The van der Waals surface area contributed by atoms with Crippen molar-refractivity contribution in [3.63, 3.8) is 0 Å². The molecule has 1 aromatic heterocycles. The normalized spacial score (nSPS) is 11.1. The Morgan fingerprint density at radius 2 is 1.86 bits per heavy atom. The van der Waals surface area contributed by atoms with E-state index in [0.717, 1.165) is 18.4 Å². The Bertz CT molecular complexity index is 495. The van der Waals surface area contributed by atoms with Crippen molar-refractivity contribution in [1.29, 1.82) is 0 Å². The van der Waals surface area contributed by atoms with Crippen LogP contribution in [0.3, 0.4) is 0 Å². The maximum atomic E-state index is 11.9. The lowest BCUT2D eigenvalue weighted by molar-refractivity contribution is -0.120. The molecular formula is C14H26N6O. The maximum absolute atomic E-state index is 11.9. The van der Waals surface area contributed by atoms with Gasteiger partial charge in [0.05, 0.1) is 6.54 Å². The predicted molar refractivity (Wildman–Crippen MR) is 85.0 cm³/mol. The standard InChI is InChI=1S/C14H26N6O/c1-6-7-10-17-12(9(2)13(18-10)20-15)16-8-11(21)19-14(3,4)5/h6-8,15H2,1-5H3,(H,19,21)(H2,16,17,18,20). The Hall–Kier alpha value is -1.89. The van der Waals surface area contributed by atoms with E-state index >= 15 is 0 Å². The first-order valence-electron chi connectivity index (χ1n) is 7.15. The average Bonchev–Trinajstić information content (AvgIpc) is 2.37. The number of hydrogen-bond acceptors (Lipinski definition) is 6. The average molecular weight is 294 g/mol. The zero-order valence-electron chi connectivity index (χ0n) is 13.5. The molecule has 118 valence electrons. The van der Waals surface area contributed by atoms with E-state index in [1.165, 1.54) is 0 Å². The van der Waals surface area contributed by atoms with E-state index < -0.39 is 0 Å². The number of rotatable bonds is 6. The summed E-state index contributed by atoms with van der Waals surface area (Å²) in [5.41, 5.74) is 3.11. The summed E-state index contributed by atoms with van der Waals surface area (Å²) in [4.78, 5) is 20.6. The molecule has 0 atom stereocenters. The Balaban J connectivity index is 2.82. The smallest absolute Gasteiger partial charge is 0.239 e. The number of carbonyl (C=O) groups is 1. The Kier molecular flexibility index (Phi) is 5.90. The van der Waals surface area contributed by atoms with Crippen LogP contribution in [0, 0.1) is 6.92 Å². The topological polar surface area (TPSA) is 105 Å². The van der Waals surface area contributed by atoms with Gasteiger partial charge in [0.2, 0.25) is 5.91 Å². The number of nitrogens with one attached hydrogen (secondary N) is 3. The molecule has 7 nitrogen and oxygen atoms in total. The lowest BCUT2D eigenvalue weighted by atomic mass is 10.1. The van der Waals surface area contributed by atoms with E-state index in [1.807, 2.05) is 27.7 Å². The number of nitrogens with zero attached hydrogens (tertiary/aromatic N) is 2. The highest BCUT2D eigenvalue weighted by atomic mass is 16.2. The van der Waals surface area contributed by atoms with Crippen LogP contribution in [0.1, 0.15) is 45.5 Å². The van der Waals surface area contributed by atoms with Crippen LogP contribution in [0.15, 0.2) is 0 Å². The number of carbonyl (C=O) groups excluding carboxylic acids is 1. The SMILES string of the molecule is CCCc1nc(NN)c(C)c(NCC(=O)NC(C)(C)C)n1. The second kappa shape index (κ2) is 7.21. The molecule has 0 fully saturated rings. The van der Waals surface area contributed by atoms with Gasteiger partial charge in [-0.25, -0.2) is 15.8 Å². The Morgan fingerprint density at radius 3 is 2.38 bits per heavy atom. The van der Waals surface area contributed by atoms with E-state index in [1.54, 1.807) is 0 Å². The van der Waals surface area contributed by atoms with Gasteiger partial charge >= 0.3 is 0 Å². The van der Waals surface area contributed by atoms with Gasteiger partial charge in [0.1, 0.15) is 17.5 Å². The van der Waals surface area contributed by atoms with Crippen molar-refractivity contribution in [3.05, 3.63) is 11.4 Å². The number of anilines is 2. The second-order valence-electron chi connectivity index (χ2n) is 6.01. The van der Waals surface area contributed by atoms with Crippen LogP contribution in [0.2, 0.25) is 0 Å². The van der Waals surface area contributed by atoms with Gasteiger partial charge in [-0.2, -0.15) is 0 Å². The van der Waals surface area contributed by atoms with Gasteiger partial charge in [0, 0.05) is 17.5 Å². The maximum Gasteiger partial charge on any atom is 0.239 e. The van der Waals surface area contributed by atoms with Crippen LogP contribution in [0.25, 0.3) is 0 Å². The minimum atomic E-state index is -0.253. The number of aromatic nitrogens is 2. The van der Waals surface area contributed by atoms with Gasteiger partial charge in [-0.05, 0) is 34.1 Å². The molecule has 1 aromatic rings. The first kappa shape index (κ1) is 17.2. The van der Waals surface area contributed by atoms with Gasteiger partial charge < -0.3 is 16.1 Å². The van der Waals surface area contributed by atoms with Crippen LogP contribution < -0.4 is 21.9 Å². The second-order valence-corrected chi connectivity index (χ2v) is 6.01. The molecule has 1 heterocycles.